The van der Waals surface area contributed by atoms with Gasteiger partial charge >= 0.3 is 0 Å². The van der Waals surface area contributed by atoms with E-state index in [1.165, 1.54) is 12.1 Å². The largest absolute Gasteiger partial charge is 0.288 e. The summed E-state index contributed by atoms with van der Waals surface area (Å²) in [4.78, 5) is 24.2. The number of imide groups is 1. The van der Waals surface area contributed by atoms with Crippen molar-refractivity contribution in [2.75, 3.05) is 4.72 Å². The Morgan fingerprint density at radius 3 is 2.22 bits per heavy atom. The summed E-state index contributed by atoms with van der Waals surface area (Å²) < 4.78 is 28.4. The van der Waals surface area contributed by atoms with Crippen LogP contribution in [-0.4, -0.2) is 20.2 Å². The molecule has 2 amide bonds. The van der Waals surface area contributed by atoms with Crippen LogP contribution in [-0.2, 0) is 10.0 Å². The fraction of sp³-hybridized carbons (Fsp3) is 0.100. The van der Waals surface area contributed by atoms with Crippen molar-refractivity contribution in [3.05, 3.63) is 70.8 Å². The van der Waals surface area contributed by atoms with E-state index < -0.39 is 21.8 Å². The Kier molecular flexibility index (Phi) is 3.78. The number of benzene rings is 3. The van der Waals surface area contributed by atoms with Gasteiger partial charge in [0.2, 0.25) is 0 Å². The quantitative estimate of drug-likeness (QED) is 0.683. The van der Waals surface area contributed by atoms with Crippen LogP contribution >= 0.6 is 0 Å². The summed E-state index contributed by atoms with van der Waals surface area (Å²) in [6.07, 6.45) is 0. The van der Waals surface area contributed by atoms with Crippen LogP contribution in [0.15, 0.2) is 53.4 Å². The molecule has 6 nitrogen and oxygen atoms in total. The first-order valence-electron chi connectivity index (χ1n) is 8.28. The van der Waals surface area contributed by atoms with Crippen molar-refractivity contribution in [2.45, 2.75) is 18.7 Å². The maximum atomic E-state index is 12.9. The van der Waals surface area contributed by atoms with Crippen LogP contribution in [0, 0.1) is 13.8 Å². The monoisotopic (exact) mass is 380 g/mol. The molecule has 0 saturated heterocycles. The van der Waals surface area contributed by atoms with Gasteiger partial charge in [-0.05, 0) is 60.7 Å². The molecule has 0 saturated carbocycles. The zero-order chi connectivity index (χ0) is 19.3. The zero-order valence-electron chi connectivity index (χ0n) is 14.7. The molecule has 4 rings (SSSR count). The van der Waals surface area contributed by atoms with Crippen LogP contribution in [0.4, 0.5) is 5.69 Å². The van der Waals surface area contributed by atoms with E-state index in [1.54, 1.807) is 30.3 Å². The Morgan fingerprint density at radius 2 is 1.52 bits per heavy atom. The van der Waals surface area contributed by atoms with Gasteiger partial charge in [-0.1, -0.05) is 18.2 Å². The molecular weight excluding hydrogens is 364 g/mol. The molecule has 2 N–H and O–H groups in total. The number of aryl methyl sites for hydroxylation is 2. The minimum Gasteiger partial charge on any atom is -0.288 e. The van der Waals surface area contributed by atoms with E-state index in [4.69, 9.17) is 0 Å². The third kappa shape index (κ3) is 2.96. The van der Waals surface area contributed by atoms with Crippen molar-refractivity contribution in [3.8, 4) is 0 Å². The zero-order valence-corrected chi connectivity index (χ0v) is 15.5. The molecule has 0 unspecified atom stereocenters. The fourth-order valence-corrected chi connectivity index (χ4v) is 4.51. The summed E-state index contributed by atoms with van der Waals surface area (Å²) in [6, 6.07) is 13.1. The lowest BCUT2D eigenvalue weighted by molar-refractivity contribution is 0.0845. The van der Waals surface area contributed by atoms with Gasteiger partial charge in [0.25, 0.3) is 21.8 Å². The lowest BCUT2D eigenvalue weighted by Gasteiger charge is -2.18. The highest BCUT2D eigenvalue weighted by atomic mass is 32.2. The highest BCUT2D eigenvalue weighted by Gasteiger charge is 2.27. The van der Waals surface area contributed by atoms with E-state index in [2.05, 4.69) is 10.0 Å². The van der Waals surface area contributed by atoms with E-state index in [-0.39, 0.29) is 10.5 Å². The molecule has 0 atom stereocenters. The van der Waals surface area contributed by atoms with Gasteiger partial charge in [0.15, 0.2) is 0 Å². The van der Waals surface area contributed by atoms with E-state index in [0.29, 0.717) is 22.0 Å². The third-order valence-corrected chi connectivity index (χ3v) is 5.81. The molecule has 1 heterocycles. The Morgan fingerprint density at radius 1 is 0.852 bits per heavy atom. The summed E-state index contributed by atoms with van der Waals surface area (Å²) in [6.45, 7) is 3.77. The van der Waals surface area contributed by atoms with Crippen LogP contribution < -0.4 is 10.0 Å². The Hall–Kier alpha value is -3.19. The predicted molar refractivity (Wildman–Crippen MR) is 102 cm³/mol. The maximum absolute atomic E-state index is 12.9. The normalized spacial score (nSPS) is 13.6. The highest BCUT2D eigenvalue weighted by molar-refractivity contribution is 7.92. The minimum atomic E-state index is -3.91. The van der Waals surface area contributed by atoms with E-state index in [1.807, 2.05) is 19.9 Å². The SMILES string of the molecule is Cc1cc(C)cc(NS(=O)(=O)c2cc3c4c(cccc4c2)C(=O)NC3=O)c1. The summed E-state index contributed by atoms with van der Waals surface area (Å²) in [5.41, 5.74) is 2.85. The molecule has 7 heteroatoms. The smallest absolute Gasteiger partial charge is 0.261 e. The van der Waals surface area contributed by atoms with Crippen molar-refractivity contribution in [1.82, 2.24) is 5.32 Å². The topological polar surface area (TPSA) is 92.3 Å². The third-order valence-electron chi connectivity index (χ3n) is 4.45. The van der Waals surface area contributed by atoms with Gasteiger partial charge in [0, 0.05) is 22.2 Å². The Bertz CT molecular complexity index is 1230. The number of amides is 2. The van der Waals surface area contributed by atoms with E-state index in [0.717, 1.165) is 11.1 Å². The second-order valence-corrected chi connectivity index (χ2v) is 8.32. The molecule has 136 valence electrons. The maximum Gasteiger partial charge on any atom is 0.261 e. The molecule has 3 aromatic rings. The molecule has 0 bridgehead atoms. The van der Waals surface area contributed by atoms with Gasteiger partial charge < -0.3 is 0 Å². The Labute approximate surface area is 156 Å². The molecule has 1 aliphatic heterocycles. The lowest BCUT2D eigenvalue weighted by atomic mass is 9.95. The number of sulfonamides is 1. The highest BCUT2D eigenvalue weighted by Crippen LogP contribution is 2.30. The average molecular weight is 380 g/mol. The van der Waals surface area contributed by atoms with Gasteiger partial charge in [0.1, 0.15) is 0 Å². The lowest BCUT2D eigenvalue weighted by Crippen LogP contribution is -2.34. The first-order chi connectivity index (χ1) is 12.7. The van der Waals surface area contributed by atoms with Crippen molar-refractivity contribution in [1.29, 1.82) is 0 Å². The summed E-state index contributed by atoms with van der Waals surface area (Å²) >= 11 is 0. The molecule has 0 aromatic heterocycles. The van der Waals surface area contributed by atoms with Crippen LogP contribution in [0.2, 0.25) is 0 Å². The first-order valence-corrected chi connectivity index (χ1v) is 9.76. The summed E-state index contributed by atoms with van der Waals surface area (Å²) in [7, 11) is -3.91. The molecule has 0 radical (unpaired) electrons. The van der Waals surface area contributed by atoms with E-state index >= 15 is 0 Å². The molecular formula is C20H16N2O4S. The van der Waals surface area contributed by atoms with Crippen molar-refractivity contribution < 1.29 is 18.0 Å². The van der Waals surface area contributed by atoms with Gasteiger partial charge in [-0.25, -0.2) is 8.42 Å². The summed E-state index contributed by atoms with van der Waals surface area (Å²) in [5, 5.41) is 3.24. The molecule has 1 aliphatic rings. The summed E-state index contributed by atoms with van der Waals surface area (Å²) in [5.74, 6) is -1.09. The molecule has 0 aliphatic carbocycles. The number of hydrogen-bond acceptors (Lipinski definition) is 4. The van der Waals surface area contributed by atoms with Gasteiger partial charge in [-0.2, -0.15) is 0 Å². The van der Waals surface area contributed by atoms with E-state index in [9.17, 15) is 18.0 Å². The average Bonchev–Trinajstić information content (AvgIpc) is 2.57. The molecule has 0 spiro atoms. The second-order valence-electron chi connectivity index (χ2n) is 6.64. The molecule has 3 aromatic carbocycles. The Balaban J connectivity index is 1.87. The number of anilines is 1. The second kappa shape index (κ2) is 5.92. The standard InChI is InChI=1S/C20H16N2O4S/c1-11-6-12(2)8-14(7-11)22-27(25,26)15-9-13-4-3-5-16-18(13)17(10-15)20(24)21-19(16)23/h3-10,22H,1-2H3,(H,21,23,24). The first kappa shape index (κ1) is 17.2. The van der Waals surface area contributed by atoms with Crippen molar-refractivity contribution in [3.63, 3.8) is 0 Å². The van der Waals surface area contributed by atoms with Crippen LogP contribution in [0.5, 0.6) is 0 Å². The predicted octanol–water partition coefficient (Wildman–Crippen LogP) is 3.14. The molecule has 0 fully saturated rings. The van der Waals surface area contributed by atoms with Crippen LogP contribution in [0.25, 0.3) is 10.8 Å². The van der Waals surface area contributed by atoms with Gasteiger partial charge in [-0.15, -0.1) is 0 Å². The fourth-order valence-electron chi connectivity index (χ4n) is 3.41. The number of carbonyl (C=O) groups excluding carboxylic acids is 2. The minimum absolute atomic E-state index is 0.0363. The number of rotatable bonds is 3. The molecule has 27 heavy (non-hydrogen) atoms. The van der Waals surface area contributed by atoms with Crippen LogP contribution in [0.3, 0.4) is 0 Å². The van der Waals surface area contributed by atoms with Crippen molar-refractivity contribution in [2.24, 2.45) is 0 Å². The number of nitrogens with one attached hydrogen (secondary N) is 2. The van der Waals surface area contributed by atoms with Gasteiger partial charge in [-0.3, -0.25) is 19.6 Å². The van der Waals surface area contributed by atoms with Crippen LogP contribution in [0.1, 0.15) is 31.8 Å². The number of hydrogen-bond donors (Lipinski definition) is 2. The number of carbonyl (C=O) groups is 2. The van der Waals surface area contributed by atoms with Crippen molar-refractivity contribution >= 4 is 38.3 Å². The van der Waals surface area contributed by atoms with Gasteiger partial charge in [0.05, 0.1) is 4.90 Å².